The molecule has 0 bridgehead atoms. The van der Waals surface area contributed by atoms with Crippen molar-refractivity contribution < 1.29 is 14.3 Å². The first-order valence-electron chi connectivity index (χ1n) is 4.96. The second-order valence-electron chi connectivity index (χ2n) is 3.41. The zero-order valence-corrected chi connectivity index (χ0v) is 8.31. The van der Waals surface area contributed by atoms with Gasteiger partial charge < -0.3 is 14.8 Å². The third-order valence-electron chi connectivity index (χ3n) is 2.21. The van der Waals surface area contributed by atoms with Crippen molar-refractivity contribution >= 4 is 6.09 Å². The number of amides is 1. The highest BCUT2D eigenvalue weighted by molar-refractivity contribution is 5.70. The number of hydrogen-bond acceptors (Lipinski definition) is 3. The summed E-state index contributed by atoms with van der Waals surface area (Å²) < 4.78 is 10.2. The van der Waals surface area contributed by atoms with Crippen LogP contribution in [0.15, 0.2) is 30.3 Å². The Hall–Kier alpha value is -1.55. The first-order chi connectivity index (χ1) is 7.34. The van der Waals surface area contributed by atoms with E-state index < -0.39 is 6.09 Å². The first-order valence-corrected chi connectivity index (χ1v) is 4.96. The maximum absolute atomic E-state index is 11.4. The molecule has 2 rings (SSSR count). The SMILES string of the molecule is O=C(NC1CCOC1)Oc1ccccc1. The molecule has 4 nitrogen and oxygen atoms in total. The van der Waals surface area contributed by atoms with Crippen LogP contribution in [0, 0.1) is 0 Å². The summed E-state index contributed by atoms with van der Waals surface area (Å²) in [4.78, 5) is 11.4. The molecule has 1 fully saturated rings. The fourth-order valence-electron chi connectivity index (χ4n) is 1.44. The van der Waals surface area contributed by atoms with Crippen LogP contribution in [0.5, 0.6) is 5.75 Å². The number of ether oxygens (including phenoxy) is 2. The quantitative estimate of drug-likeness (QED) is 0.800. The van der Waals surface area contributed by atoms with Crippen LogP contribution < -0.4 is 10.1 Å². The minimum atomic E-state index is -0.420. The molecule has 15 heavy (non-hydrogen) atoms. The van der Waals surface area contributed by atoms with Crippen molar-refractivity contribution in [3.8, 4) is 5.75 Å². The average molecular weight is 207 g/mol. The van der Waals surface area contributed by atoms with E-state index in [1.807, 2.05) is 18.2 Å². The maximum atomic E-state index is 11.4. The van der Waals surface area contributed by atoms with Gasteiger partial charge in [0.25, 0.3) is 0 Å². The summed E-state index contributed by atoms with van der Waals surface area (Å²) >= 11 is 0. The largest absolute Gasteiger partial charge is 0.412 e. The Kier molecular flexibility index (Phi) is 3.19. The zero-order valence-electron chi connectivity index (χ0n) is 8.31. The molecule has 4 heteroatoms. The minimum Gasteiger partial charge on any atom is -0.410 e. The highest BCUT2D eigenvalue weighted by Crippen LogP contribution is 2.09. The number of nitrogens with one attached hydrogen (secondary N) is 1. The molecule has 0 saturated carbocycles. The molecule has 0 aliphatic carbocycles. The molecule has 1 aliphatic rings. The van der Waals surface area contributed by atoms with Crippen molar-refractivity contribution in [1.29, 1.82) is 0 Å². The van der Waals surface area contributed by atoms with Gasteiger partial charge in [-0.1, -0.05) is 18.2 Å². The van der Waals surface area contributed by atoms with Crippen LogP contribution in [0.2, 0.25) is 0 Å². The molecule has 1 atom stereocenters. The van der Waals surface area contributed by atoms with Gasteiger partial charge in [-0.15, -0.1) is 0 Å². The Balaban J connectivity index is 1.82. The van der Waals surface area contributed by atoms with E-state index in [2.05, 4.69) is 5.32 Å². The Morgan fingerprint density at radius 3 is 2.87 bits per heavy atom. The number of rotatable bonds is 2. The summed E-state index contributed by atoms with van der Waals surface area (Å²) in [6.07, 6.45) is 0.431. The van der Waals surface area contributed by atoms with Gasteiger partial charge in [0.2, 0.25) is 0 Å². The zero-order chi connectivity index (χ0) is 10.5. The number of carbonyl (C=O) groups excluding carboxylic acids is 1. The summed E-state index contributed by atoms with van der Waals surface area (Å²) in [7, 11) is 0. The average Bonchev–Trinajstić information content (AvgIpc) is 2.71. The van der Waals surface area contributed by atoms with Crippen molar-refractivity contribution in [2.75, 3.05) is 13.2 Å². The molecule has 1 heterocycles. The van der Waals surface area contributed by atoms with E-state index in [9.17, 15) is 4.79 Å². The number of carbonyl (C=O) groups is 1. The van der Waals surface area contributed by atoms with Crippen molar-refractivity contribution in [1.82, 2.24) is 5.32 Å². The molecule has 0 spiro atoms. The Bertz CT molecular complexity index is 320. The van der Waals surface area contributed by atoms with Crippen molar-refractivity contribution in [2.24, 2.45) is 0 Å². The monoisotopic (exact) mass is 207 g/mol. The molecule has 1 aliphatic heterocycles. The number of para-hydroxylation sites is 1. The summed E-state index contributed by atoms with van der Waals surface area (Å²) in [5.74, 6) is 0.550. The lowest BCUT2D eigenvalue weighted by Crippen LogP contribution is -2.37. The van der Waals surface area contributed by atoms with E-state index in [4.69, 9.17) is 9.47 Å². The lowest BCUT2D eigenvalue weighted by Gasteiger charge is -2.10. The maximum Gasteiger partial charge on any atom is 0.412 e. The number of benzene rings is 1. The first kappa shape index (κ1) is 9.98. The van der Waals surface area contributed by atoms with Gasteiger partial charge in [-0.25, -0.2) is 4.79 Å². The Morgan fingerprint density at radius 1 is 1.40 bits per heavy atom. The smallest absolute Gasteiger partial charge is 0.410 e. The van der Waals surface area contributed by atoms with E-state index in [1.54, 1.807) is 12.1 Å². The fraction of sp³-hybridized carbons (Fsp3) is 0.364. The third-order valence-corrected chi connectivity index (χ3v) is 2.21. The molecule has 1 N–H and O–H groups in total. The van der Waals surface area contributed by atoms with Crippen LogP contribution in [-0.2, 0) is 4.74 Å². The molecular weight excluding hydrogens is 194 g/mol. The normalized spacial score (nSPS) is 19.9. The third kappa shape index (κ3) is 2.95. The summed E-state index contributed by atoms with van der Waals surface area (Å²) in [6, 6.07) is 9.08. The topological polar surface area (TPSA) is 47.6 Å². The van der Waals surface area contributed by atoms with Crippen LogP contribution in [-0.4, -0.2) is 25.3 Å². The van der Waals surface area contributed by atoms with E-state index in [-0.39, 0.29) is 6.04 Å². The number of hydrogen-bond donors (Lipinski definition) is 1. The summed E-state index contributed by atoms with van der Waals surface area (Å²) in [5, 5.41) is 2.74. The highest BCUT2D eigenvalue weighted by atomic mass is 16.6. The summed E-state index contributed by atoms with van der Waals surface area (Å²) in [5.41, 5.74) is 0. The molecule has 1 aromatic carbocycles. The van der Waals surface area contributed by atoms with Gasteiger partial charge >= 0.3 is 6.09 Å². The van der Waals surface area contributed by atoms with E-state index in [0.717, 1.165) is 6.42 Å². The molecule has 1 aromatic rings. The van der Waals surface area contributed by atoms with Gasteiger partial charge in [0.05, 0.1) is 12.6 Å². The molecule has 1 unspecified atom stereocenters. The van der Waals surface area contributed by atoms with Gasteiger partial charge in [0.15, 0.2) is 0 Å². The van der Waals surface area contributed by atoms with Crippen LogP contribution in [0.3, 0.4) is 0 Å². The van der Waals surface area contributed by atoms with Gasteiger partial charge in [-0.05, 0) is 18.6 Å². The molecule has 0 aromatic heterocycles. The second kappa shape index (κ2) is 4.79. The van der Waals surface area contributed by atoms with E-state index in [0.29, 0.717) is 19.0 Å². The molecule has 80 valence electrons. The Labute approximate surface area is 88.2 Å². The van der Waals surface area contributed by atoms with Crippen molar-refractivity contribution in [2.45, 2.75) is 12.5 Å². The summed E-state index contributed by atoms with van der Waals surface area (Å²) in [6.45, 7) is 1.28. The van der Waals surface area contributed by atoms with E-state index in [1.165, 1.54) is 0 Å². The molecule has 1 amide bonds. The van der Waals surface area contributed by atoms with Gasteiger partial charge in [0, 0.05) is 6.61 Å². The standard InChI is InChI=1S/C11H13NO3/c13-11(12-9-6-7-14-8-9)15-10-4-2-1-3-5-10/h1-5,9H,6-8H2,(H,12,13). The van der Waals surface area contributed by atoms with Crippen LogP contribution in [0.4, 0.5) is 4.79 Å². The van der Waals surface area contributed by atoms with Crippen molar-refractivity contribution in [3.05, 3.63) is 30.3 Å². The molecular formula is C11H13NO3. The predicted octanol–water partition coefficient (Wildman–Crippen LogP) is 1.56. The van der Waals surface area contributed by atoms with Gasteiger partial charge in [0.1, 0.15) is 5.75 Å². The lowest BCUT2D eigenvalue weighted by atomic mass is 10.3. The van der Waals surface area contributed by atoms with Crippen LogP contribution >= 0.6 is 0 Å². The van der Waals surface area contributed by atoms with Crippen LogP contribution in [0.25, 0.3) is 0 Å². The lowest BCUT2D eigenvalue weighted by molar-refractivity contribution is 0.178. The minimum absolute atomic E-state index is 0.0845. The molecule has 0 radical (unpaired) electrons. The van der Waals surface area contributed by atoms with Gasteiger partial charge in [-0.3, -0.25) is 0 Å². The van der Waals surface area contributed by atoms with Crippen LogP contribution in [0.1, 0.15) is 6.42 Å². The second-order valence-corrected chi connectivity index (χ2v) is 3.41. The highest BCUT2D eigenvalue weighted by Gasteiger charge is 2.18. The predicted molar refractivity (Wildman–Crippen MR) is 54.8 cm³/mol. The van der Waals surface area contributed by atoms with Gasteiger partial charge in [-0.2, -0.15) is 0 Å². The fourth-order valence-corrected chi connectivity index (χ4v) is 1.44. The molecule has 1 saturated heterocycles. The Morgan fingerprint density at radius 2 is 2.20 bits per heavy atom. The van der Waals surface area contributed by atoms with Crippen molar-refractivity contribution in [3.63, 3.8) is 0 Å². The van der Waals surface area contributed by atoms with E-state index >= 15 is 0 Å².